The van der Waals surface area contributed by atoms with Crippen LogP contribution in [0.4, 0.5) is 0 Å². The summed E-state index contributed by atoms with van der Waals surface area (Å²) < 4.78 is 6.63. The lowest BCUT2D eigenvalue weighted by molar-refractivity contribution is 0.484. The molecule has 7 nitrogen and oxygen atoms in total. The predicted molar refractivity (Wildman–Crippen MR) is 111 cm³/mol. The van der Waals surface area contributed by atoms with Gasteiger partial charge in [-0.3, -0.25) is 22.9 Å². The Labute approximate surface area is 162 Å². The Balaban J connectivity index is 2.14. The Morgan fingerprint density at radius 1 is 1.11 bits per heavy atom. The molecule has 4 aromatic rings. The van der Waals surface area contributed by atoms with Crippen molar-refractivity contribution in [1.29, 1.82) is 0 Å². The van der Waals surface area contributed by atoms with E-state index in [0.717, 1.165) is 22.5 Å². The highest BCUT2D eigenvalue weighted by atomic mass is 16.2. The second-order valence-corrected chi connectivity index (χ2v) is 8.00. The minimum absolute atomic E-state index is 0.188. The minimum atomic E-state index is -0.332. The first-order chi connectivity index (χ1) is 13.2. The number of rotatable bonds is 3. The van der Waals surface area contributed by atoms with Crippen LogP contribution in [-0.4, -0.2) is 23.1 Å². The van der Waals surface area contributed by atoms with Gasteiger partial charge in [0.25, 0.3) is 5.56 Å². The number of fused-ring (bicyclic) bond motifs is 3. The highest BCUT2D eigenvalue weighted by molar-refractivity contribution is 5.76. The average molecular weight is 379 g/mol. The summed E-state index contributed by atoms with van der Waals surface area (Å²) >= 11 is 0. The van der Waals surface area contributed by atoms with Crippen LogP contribution in [0.1, 0.15) is 30.7 Å². The van der Waals surface area contributed by atoms with Crippen LogP contribution >= 0.6 is 0 Å². The highest BCUT2D eigenvalue weighted by Crippen LogP contribution is 2.24. The first-order valence-electron chi connectivity index (χ1n) is 9.48. The molecule has 3 aromatic heterocycles. The number of benzene rings is 1. The Hall–Kier alpha value is -3.09. The van der Waals surface area contributed by atoms with Crippen molar-refractivity contribution in [3.63, 3.8) is 0 Å². The van der Waals surface area contributed by atoms with Gasteiger partial charge in [0.15, 0.2) is 11.2 Å². The maximum absolute atomic E-state index is 13.2. The van der Waals surface area contributed by atoms with E-state index in [1.165, 1.54) is 9.13 Å². The van der Waals surface area contributed by atoms with Gasteiger partial charge in [0, 0.05) is 25.5 Å². The molecule has 0 atom stereocenters. The van der Waals surface area contributed by atoms with Crippen molar-refractivity contribution in [1.82, 2.24) is 23.1 Å². The van der Waals surface area contributed by atoms with Crippen LogP contribution < -0.4 is 11.2 Å². The monoisotopic (exact) mass is 379 g/mol. The average Bonchev–Trinajstić information content (AvgIpc) is 3.13. The molecule has 3 heterocycles. The Bertz CT molecular complexity index is 1350. The molecule has 0 unspecified atom stereocenters. The van der Waals surface area contributed by atoms with Gasteiger partial charge in [0.1, 0.15) is 0 Å². The Morgan fingerprint density at radius 3 is 2.50 bits per heavy atom. The van der Waals surface area contributed by atoms with E-state index in [9.17, 15) is 9.59 Å². The molecule has 7 heteroatoms. The number of hydrogen-bond donors (Lipinski definition) is 0. The molecule has 0 spiro atoms. The van der Waals surface area contributed by atoms with E-state index in [-0.39, 0.29) is 17.2 Å². The highest BCUT2D eigenvalue weighted by Gasteiger charge is 2.21. The summed E-state index contributed by atoms with van der Waals surface area (Å²) in [5.41, 5.74) is 4.48. The largest absolute Gasteiger partial charge is 0.332 e. The first kappa shape index (κ1) is 18.3. The standard InChI is InChI=1S/C21H25N5O2/c1-12(2)10-25-19(27)17-18(23(6)21(25)28)22-20-24(17)11-15(5)26(20)16-9-13(3)7-8-14(16)4/h7-9,11-12H,10H2,1-6H3. The van der Waals surface area contributed by atoms with Gasteiger partial charge >= 0.3 is 5.69 Å². The van der Waals surface area contributed by atoms with Crippen LogP contribution in [-0.2, 0) is 13.6 Å². The fraction of sp³-hybridized carbons (Fsp3) is 0.381. The molecule has 28 heavy (non-hydrogen) atoms. The fourth-order valence-electron chi connectivity index (χ4n) is 3.79. The van der Waals surface area contributed by atoms with Gasteiger partial charge in [-0.1, -0.05) is 26.0 Å². The normalized spacial score (nSPS) is 12.0. The SMILES string of the molecule is Cc1ccc(C)c(-n2c(C)cn3c4c(=O)n(CC(C)C)c(=O)n(C)c4nc23)c1. The van der Waals surface area contributed by atoms with Gasteiger partial charge in [0.05, 0.1) is 5.69 Å². The number of hydrogen-bond acceptors (Lipinski definition) is 3. The first-order valence-corrected chi connectivity index (χ1v) is 9.48. The van der Waals surface area contributed by atoms with Crippen LogP contribution in [0.15, 0.2) is 34.0 Å². The lowest BCUT2D eigenvalue weighted by atomic mass is 10.1. The summed E-state index contributed by atoms with van der Waals surface area (Å²) in [6.07, 6.45) is 1.91. The van der Waals surface area contributed by atoms with Crippen LogP contribution in [0, 0.1) is 26.7 Å². The van der Waals surface area contributed by atoms with E-state index in [0.29, 0.717) is 23.5 Å². The minimum Gasteiger partial charge on any atom is -0.283 e. The molecular weight excluding hydrogens is 354 g/mol. The van der Waals surface area contributed by atoms with Gasteiger partial charge in [-0.05, 0) is 43.9 Å². The van der Waals surface area contributed by atoms with Crippen LogP contribution in [0.5, 0.6) is 0 Å². The number of imidazole rings is 2. The third-order valence-electron chi connectivity index (χ3n) is 5.18. The van der Waals surface area contributed by atoms with Crippen molar-refractivity contribution in [2.75, 3.05) is 0 Å². The molecule has 0 aliphatic rings. The zero-order valence-corrected chi connectivity index (χ0v) is 17.1. The smallest absolute Gasteiger partial charge is 0.283 e. The van der Waals surface area contributed by atoms with Gasteiger partial charge in [-0.15, -0.1) is 0 Å². The second kappa shape index (κ2) is 6.22. The van der Waals surface area contributed by atoms with Crippen LogP contribution in [0.3, 0.4) is 0 Å². The zero-order chi connectivity index (χ0) is 20.3. The van der Waals surface area contributed by atoms with Crippen molar-refractivity contribution in [2.24, 2.45) is 13.0 Å². The number of aryl methyl sites for hydroxylation is 4. The fourth-order valence-corrected chi connectivity index (χ4v) is 3.79. The lowest BCUT2D eigenvalue weighted by Gasteiger charge is -2.10. The van der Waals surface area contributed by atoms with E-state index in [2.05, 4.69) is 32.0 Å². The molecule has 0 saturated heterocycles. The molecule has 0 saturated carbocycles. The Morgan fingerprint density at radius 2 is 1.82 bits per heavy atom. The third-order valence-corrected chi connectivity index (χ3v) is 5.18. The van der Waals surface area contributed by atoms with Gasteiger partial charge in [-0.2, -0.15) is 4.98 Å². The van der Waals surface area contributed by atoms with E-state index < -0.39 is 0 Å². The summed E-state index contributed by atoms with van der Waals surface area (Å²) in [4.78, 5) is 30.6. The summed E-state index contributed by atoms with van der Waals surface area (Å²) in [6, 6.07) is 6.26. The van der Waals surface area contributed by atoms with E-state index in [4.69, 9.17) is 4.98 Å². The third kappa shape index (κ3) is 2.53. The van der Waals surface area contributed by atoms with E-state index in [1.54, 1.807) is 7.05 Å². The Kier molecular flexibility index (Phi) is 4.06. The molecule has 4 rings (SSSR count). The van der Waals surface area contributed by atoms with Crippen molar-refractivity contribution in [3.05, 3.63) is 62.1 Å². The van der Waals surface area contributed by atoms with E-state index in [1.807, 2.05) is 35.9 Å². The molecule has 0 radical (unpaired) electrons. The summed E-state index contributed by atoms with van der Waals surface area (Å²) in [5, 5.41) is 0. The van der Waals surface area contributed by atoms with Crippen LogP contribution in [0.25, 0.3) is 22.6 Å². The number of aromatic nitrogens is 5. The van der Waals surface area contributed by atoms with Crippen molar-refractivity contribution in [3.8, 4) is 5.69 Å². The predicted octanol–water partition coefficient (Wildman–Crippen LogP) is 2.72. The maximum atomic E-state index is 13.2. The quantitative estimate of drug-likeness (QED) is 0.550. The lowest BCUT2D eigenvalue weighted by Crippen LogP contribution is -2.40. The molecule has 0 aliphatic carbocycles. The topological polar surface area (TPSA) is 66.2 Å². The zero-order valence-electron chi connectivity index (χ0n) is 17.1. The molecule has 146 valence electrons. The molecule has 1 aromatic carbocycles. The molecular formula is C21H25N5O2. The van der Waals surface area contributed by atoms with Crippen molar-refractivity contribution < 1.29 is 0 Å². The van der Waals surface area contributed by atoms with Gasteiger partial charge < -0.3 is 0 Å². The van der Waals surface area contributed by atoms with E-state index >= 15 is 0 Å². The summed E-state index contributed by atoms with van der Waals surface area (Å²) in [6.45, 7) is 10.5. The van der Waals surface area contributed by atoms with Gasteiger partial charge in [-0.25, -0.2) is 4.79 Å². The molecule has 0 amide bonds. The molecule has 0 N–H and O–H groups in total. The summed E-state index contributed by atoms with van der Waals surface area (Å²) in [5.74, 6) is 0.822. The van der Waals surface area contributed by atoms with Crippen molar-refractivity contribution in [2.45, 2.75) is 41.2 Å². The van der Waals surface area contributed by atoms with Crippen LogP contribution in [0.2, 0.25) is 0 Å². The molecule has 0 fully saturated rings. The number of nitrogens with zero attached hydrogens (tertiary/aromatic N) is 5. The van der Waals surface area contributed by atoms with Crippen molar-refractivity contribution >= 4 is 16.9 Å². The second-order valence-electron chi connectivity index (χ2n) is 8.00. The molecule has 0 aliphatic heterocycles. The summed E-state index contributed by atoms with van der Waals surface area (Å²) in [7, 11) is 1.67. The van der Waals surface area contributed by atoms with Gasteiger partial charge in [0.2, 0.25) is 5.78 Å². The maximum Gasteiger partial charge on any atom is 0.332 e. The molecule has 0 bridgehead atoms.